The van der Waals surface area contributed by atoms with Crippen LogP contribution in [0.25, 0.3) is 0 Å². The third-order valence-corrected chi connectivity index (χ3v) is 3.43. The van der Waals surface area contributed by atoms with Gasteiger partial charge in [0, 0.05) is 18.0 Å². The number of rotatable bonds is 2. The van der Waals surface area contributed by atoms with E-state index >= 15 is 0 Å². The number of hydrogen-bond donors (Lipinski definition) is 0. The van der Waals surface area contributed by atoms with Gasteiger partial charge in [0.2, 0.25) is 0 Å². The van der Waals surface area contributed by atoms with E-state index in [9.17, 15) is 4.79 Å². The van der Waals surface area contributed by atoms with Crippen molar-refractivity contribution in [2.45, 2.75) is 53.5 Å². The number of nitrogens with zero attached hydrogens (tertiary/aromatic N) is 1. The number of hydrogen-bond acceptors (Lipinski definition) is 2. The van der Waals surface area contributed by atoms with Crippen LogP contribution in [0.1, 0.15) is 47.5 Å². The molecule has 2 heteroatoms. The molecular formula is C13H25NO. The van der Waals surface area contributed by atoms with Crippen LogP contribution in [0.4, 0.5) is 0 Å². The zero-order valence-corrected chi connectivity index (χ0v) is 10.8. The van der Waals surface area contributed by atoms with E-state index < -0.39 is 0 Å². The van der Waals surface area contributed by atoms with E-state index in [2.05, 4.69) is 18.7 Å². The molecule has 0 amide bonds. The Morgan fingerprint density at radius 2 is 1.87 bits per heavy atom. The molecule has 0 spiro atoms. The van der Waals surface area contributed by atoms with Gasteiger partial charge in [0.15, 0.2) is 5.78 Å². The lowest BCUT2D eigenvalue weighted by atomic mass is 9.88. The summed E-state index contributed by atoms with van der Waals surface area (Å²) >= 11 is 0. The topological polar surface area (TPSA) is 20.3 Å². The lowest BCUT2D eigenvalue weighted by Gasteiger charge is -2.37. The minimum absolute atomic E-state index is 0.194. The van der Waals surface area contributed by atoms with Crippen LogP contribution >= 0.6 is 0 Å². The van der Waals surface area contributed by atoms with Crippen molar-refractivity contribution in [1.82, 2.24) is 4.90 Å². The van der Waals surface area contributed by atoms with Gasteiger partial charge in [-0.3, -0.25) is 9.69 Å². The summed E-state index contributed by atoms with van der Waals surface area (Å²) in [4.78, 5) is 14.3. The van der Waals surface area contributed by atoms with Gasteiger partial charge in [-0.2, -0.15) is 0 Å². The second-order valence-electron chi connectivity index (χ2n) is 6.13. The summed E-state index contributed by atoms with van der Waals surface area (Å²) in [6.45, 7) is 12.3. The van der Waals surface area contributed by atoms with Crippen LogP contribution in [0.15, 0.2) is 0 Å². The first-order valence-corrected chi connectivity index (χ1v) is 6.08. The average Bonchev–Trinajstić information content (AvgIpc) is 2.09. The fourth-order valence-corrected chi connectivity index (χ4v) is 2.02. The quantitative estimate of drug-likeness (QED) is 0.700. The predicted molar refractivity (Wildman–Crippen MR) is 63.9 cm³/mol. The maximum Gasteiger partial charge on any atom is 0.152 e. The summed E-state index contributed by atoms with van der Waals surface area (Å²) in [5, 5.41) is 0. The molecule has 0 aliphatic carbocycles. The van der Waals surface area contributed by atoms with E-state index in [-0.39, 0.29) is 5.41 Å². The van der Waals surface area contributed by atoms with Crippen LogP contribution in [0.2, 0.25) is 0 Å². The van der Waals surface area contributed by atoms with Crippen molar-refractivity contribution in [3.8, 4) is 0 Å². The fraction of sp³-hybridized carbons (Fsp3) is 0.923. The van der Waals surface area contributed by atoms with E-state index in [1.54, 1.807) is 0 Å². The van der Waals surface area contributed by atoms with E-state index in [1.165, 1.54) is 12.8 Å². The fourth-order valence-electron chi connectivity index (χ4n) is 2.02. The van der Waals surface area contributed by atoms with Gasteiger partial charge in [-0.05, 0) is 25.7 Å². The third-order valence-electron chi connectivity index (χ3n) is 3.43. The Hall–Kier alpha value is -0.370. The van der Waals surface area contributed by atoms with Gasteiger partial charge in [-0.1, -0.05) is 27.7 Å². The summed E-state index contributed by atoms with van der Waals surface area (Å²) < 4.78 is 0. The number of carbonyl (C=O) groups excluding carboxylic acids is 1. The van der Waals surface area contributed by atoms with Crippen LogP contribution in [0, 0.1) is 11.3 Å². The first kappa shape index (κ1) is 12.7. The summed E-state index contributed by atoms with van der Waals surface area (Å²) in [5.74, 6) is 1.11. The van der Waals surface area contributed by atoms with Crippen molar-refractivity contribution in [2.75, 3.05) is 13.1 Å². The molecule has 2 atom stereocenters. The molecule has 0 aromatic carbocycles. The SMILES string of the molecule is CC1CCC(C)N(CC(=O)C(C)(C)C)C1. The Morgan fingerprint density at radius 3 is 2.40 bits per heavy atom. The van der Waals surface area contributed by atoms with Crippen molar-refractivity contribution in [3.63, 3.8) is 0 Å². The van der Waals surface area contributed by atoms with Crippen LogP contribution in [-0.4, -0.2) is 29.8 Å². The van der Waals surface area contributed by atoms with E-state index in [4.69, 9.17) is 0 Å². The van der Waals surface area contributed by atoms with Crippen molar-refractivity contribution in [3.05, 3.63) is 0 Å². The summed E-state index contributed by atoms with van der Waals surface area (Å²) in [7, 11) is 0. The van der Waals surface area contributed by atoms with Crippen molar-refractivity contribution < 1.29 is 4.79 Å². The van der Waals surface area contributed by atoms with Crippen molar-refractivity contribution in [1.29, 1.82) is 0 Å². The van der Waals surface area contributed by atoms with Crippen molar-refractivity contribution in [2.24, 2.45) is 11.3 Å². The third kappa shape index (κ3) is 3.60. The minimum Gasteiger partial charge on any atom is -0.298 e. The molecule has 0 bridgehead atoms. The largest absolute Gasteiger partial charge is 0.298 e. The molecule has 1 heterocycles. The van der Waals surface area contributed by atoms with Crippen LogP contribution < -0.4 is 0 Å². The molecule has 0 aromatic rings. The number of Topliss-reactive ketones (excluding diaryl/α,β-unsaturated/α-hetero) is 1. The van der Waals surface area contributed by atoms with Crippen molar-refractivity contribution >= 4 is 5.78 Å². The number of piperidine rings is 1. The first-order valence-electron chi connectivity index (χ1n) is 6.08. The lowest BCUT2D eigenvalue weighted by Crippen LogP contribution is -2.45. The zero-order valence-electron chi connectivity index (χ0n) is 10.8. The monoisotopic (exact) mass is 211 g/mol. The Balaban J connectivity index is 2.53. The molecular weight excluding hydrogens is 186 g/mol. The van der Waals surface area contributed by atoms with Gasteiger partial charge in [-0.15, -0.1) is 0 Å². The molecule has 15 heavy (non-hydrogen) atoms. The maximum atomic E-state index is 11.9. The number of likely N-dealkylation sites (tertiary alicyclic amines) is 1. The maximum absolute atomic E-state index is 11.9. The van der Waals surface area contributed by atoms with Gasteiger partial charge in [0.25, 0.3) is 0 Å². The van der Waals surface area contributed by atoms with Crippen LogP contribution in [0.5, 0.6) is 0 Å². The predicted octanol–water partition coefficient (Wildman–Crippen LogP) is 2.72. The van der Waals surface area contributed by atoms with Gasteiger partial charge in [-0.25, -0.2) is 0 Å². The molecule has 1 rings (SSSR count). The summed E-state index contributed by atoms with van der Waals surface area (Å²) in [5.41, 5.74) is -0.194. The van der Waals surface area contributed by atoms with Gasteiger partial charge < -0.3 is 0 Å². The highest BCUT2D eigenvalue weighted by Gasteiger charge is 2.28. The lowest BCUT2D eigenvalue weighted by molar-refractivity contribution is -0.128. The molecule has 88 valence electrons. The van der Waals surface area contributed by atoms with Crippen LogP contribution in [-0.2, 0) is 4.79 Å². The zero-order chi connectivity index (χ0) is 11.6. The highest BCUT2D eigenvalue weighted by atomic mass is 16.1. The average molecular weight is 211 g/mol. The Kier molecular flexibility index (Phi) is 3.93. The minimum atomic E-state index is -0.194. The standard InChI is InChI=1S/C13H25NO/c1-10-6-7-11(2)14(8-10)9-12(15)13(3,4)5/h10-11H,6-9H2,1-5H3. The van der Waals surface area contributed by atoms with E-state index in [0.29, 0.717) is 18.4 Å². The molecule has 1 fully saturated rings. The van der Waals surface area contributed by atoms with E-state index in [1.807, 2.05) is 20.8 Å². The normalized spacial score (nSPS) is 29.1. The summed E-state index contributed by atoms with van der Waals surface area (Å²) in [6, 6.07) is 0.576. The molecule has 1 aliphatic rings. The smallest absolute Gasteiger partial charge is 0.152 e. The molecule has 0 aromatic heterocycles. The highest BCUT2D eigenvalue weighted by Crippen LogP contribution is 2.23. The molecule has 1 saturated heterocycles. The second kappa shape index (κ2) is 4.65. The molecule has 0 radical (unpaired) electrons. The first-order chi connectivity index (χ1) is 6.80. The Morgan fingerprint density at radius 1 is 1.27 bits per heavy atom. The molecule has 2 unspecified atom stereocenters. The van der Waals surface area contributed by atoms with Gasteiger partial charge in [0.05, 0.1) is 6.54 Å². The molecule has 1 aliphatic heterocycles. The molecule has 0 saturated carbocycles. The molecule has 2 nitrogen and oxygen atoms in total. The highest BCUT2D eigenvalue weighted by molar-refractivity contribution is 5.85. The Labute approximate surface area is 94.0 Å². The number of ketones is 1. The summed E-state index contributed by atoms with van der Waals surface area (Å²) in [6.07, 6.45) is 2.54. The van der Waals surface area contributed by atoms with E-state index in [0.717, 1.165) is 12.5 Å². The van der Waals surface area contributed by atoms with Gasteiger partial charge in [0.1, 0.15) is 0 Å². The Bertz CT molecular complexity index is 229. The molecule has 0 N–H and O–H groups in total. The van der Waals surface area contributed by atoms with Gasteiger partial charge >= 0.3 is 0 Å². The number of carbonyl (C=O) groups is 1. The second-order valence-corrected chi connectivity index (χ2v) is 6.13. The van der Waals surface area contributed by atoms with Crippen LogP contribution in [0.3, 0.4) is 0 Å².